The monoisotopic (exact) mass is 518 g/mol. The lowest BCUT2D eigenvalue weighted by Crippen LogP contribution is -2.29. The Labute approximate surface area is 199 Å². The van der Waals surface area contributed by atoms with Gasteiger partial charge in [-0.2, -0.15) is 0 Å². The van der Waals surface area contributed by atoms with Crippen molar-refractivity contribution >= 4 is 56.5 Å². The van der Waals surface area contributed by atoms with Crippen LogP contribution in [0.4, 0.5) is 10.5 Å². The van der Waals surface area contributed by atoms with Gasteiger partial charge in [0.1, 0.15) is 5.75 Å². The van der Waals surface area contributed by atoms with Crippen molar-refractivity contribution < 1.29 is 23.9 Å². The lowest BCUT2D eigenvalue weighted by Gasteiger charge is -2.11. The standard InChI is InChI=1S/C23H23BrN2O5S/c1-15-4-7-17(8-5-15)25-21(27)14-31-19-9-6-16(12-18(19)24)13-20-22(28)26(23(29)32-20)10-3-11-30-2/h4-9,12-13H,3,10-11,14H2,1-2H3,(H,25,27)/b20-13+. The summed E-state index contributed by atoms with van der Waals surface area (Å²) in [5.74, 6) is -0.0822. The molecule has 0 unspecified atom stereocenters. The molecule has 3 amide bonds. The fourth-order valence-corrected chi connectivity index (χ4v) is 4.29. The second kappa shape index (κ2) is 11.3. The number of hydrogen-bond acceptors (Lipinski definition) is 6. The molecule has 168 valence electrons. The van der Waals surface area contributed by atoms with Crippen LogP contribution in [0.25, 0.3) is 6.08 Å². The number of amides is 3. The lowest BCUT2D eigenvalue weighted by molar-refractivity contribution is -0.123. The molecule has 0 saturated carbocycles. The number of imide groups is 1. The molecule has 9 heteroatoms. The third-order valence-electron chi connectivity index (χ3n) is 4.55. The summed E-state index contributed by atoms with van der Waals surface area (Å²) in [6, 6.07) is 12.7. The Morgan fingerprint density at radius 3 is 2.62 bits per heavy atom. The molecule has 2 aromatic carbocycles. The molecular formula is C23H23BrN2O5S. The first kappa shape index (κ1) is 24.0. The zero-order valence-corrected chi connectivity index (χ0v) is 20.1. The Kier molecular flexibility index (Phi) is 8.49. The summed E-state index contributed by atoms with van der Waals surface area (Å²) >= 11 is 4.35. The number of thioether (sulfide) groups is 1. The summed E-state index contributed by atoms with van der Waals surface area (Å²) in [5, 5.41) is 2.49. The SMILES string of the molecule is COCCCN1C(=O)S/C(=C/c2ccc(OCC(=O)Nc3ccc(C)cc3)c(Br)c2)C1=O. The molecule has 0 aromatic heterocycles. The van der Waals surface area contributed by atoms with Crippen molar-refractivity contribution in [1.82, 2.24) is 4.90 Å². The number of benzene rings is 2. The Bertz CT molecular complexity index is 1040. The predicted octanol–water partition coefficient (Wildman–Crippen LogP) is 4.85. The number of methoxy groups -OCH3 is 1. The summed E-state index contributed by atoms with van der Waals surface area (Å²) in [7, 11) is 1.58. The Hall–Kier alpha value is -2.62. The fourth-order valence-electron chi connectivity index (χ4n) is 2.91. The quantitative estimate of drug-likeness (QED) is 0.377. The van der Waals surface area contributed by atoms with Crippen LogP contribution in [0.2, 0.25) is 0 Å². The second-order valence-electron chi connectivity index (χ2n) is 7.07. The van der Waals surface area contributed by atoms with Crippen LogP contribution in [-0.4, -0.2) is 48.8 Å². The minimum Gasteiger partial charge on any atom is -0.483 e. The molecule has 1 fully saturated rings. The smallest absolute Gasteiger partial charge is 0.293 e. The molecule has 0 spiro atoms. The molecule has 2 aromatic rings. The molecule has 3 rings (SSSR count). The maximum atomic E-state index is 12.5. The highest BCUT2D eigenvalue weighted by Crippen LogP contribution is 2.34. The van der Waals surface area contributed by atoms with Crippen molar-refractivity contribution in [1.29, 1.82) is 0 Å². The van der Waals surface area contributed by atoms with E-state index in [0.717, 1.165) is 22.9 Å². The van der Waals surface area contributed by atoms with Gasteiger partial charge in [-0.05, 0) is 76.9 Å². The number of carbonyl (C=O) groups excluding carboxylic acids is 3. The van der Waals surface area contributed by atoms with Crippen LogP contribution < -0.4 is 10.1 Å². The van der Waals surface area contributed by atoms with Gasteiger partial charge in [0.05, 0.1) is 9.38 Å². The number of hydrogen-bond donors (Lipinski definition) is 1. The summed E-state index contributed by atoms with van der Waals surface area (Å²) in [4.78, 5) is 38.3. The van der Waals surface area contributed by atoms with Gasteiger partial charge in [-0.15, -0.1) is 0 Å². The van der Waals surface area contributed by atoms with E-state index in [2.05, 4.69) is 21.2 Å². The summed E-state index contributed by atoms with van der Waals surface area (Å²) < 4.78 is 11.2. The van der Waals surface area contributed by atoms with Crippen molar-refractivity contribution in [2.45, 2.75) is 13.3 Å². The first-order chi connectivity index (χ1) is 15.4. The molecule has 0 aliphatic carbocycles. The van der Waals surface area contributed by atoms with Gasteiger partial charge in [-0.25, -0.2) is 0 Å². The molecule has 0 atom stereocenters. The number of nitrogens with zero attached hydrogens (tertiary/aromatic N) is 1. The van der Waals surface area contributed by atoms with Gasteiger partial charge in [-0.1, -0.05) is 23.8 Å². The largest absolute Gasteiger partial charge is 0.483 e. The highest BCUT2D eigenvalue weighted by Gasteiger charge is 2.34. The van der Waals surface area contributed by atoms with E-state index in [0.29, 0.717) is 40.4 Å². The van der Waals surface area contributed by atoms with E-state index >= 15 is 0 Å². The van der Waals surface area contributed by atoms with E-state index in [9.17, 15) is 14.4 Å². The van der Waals surface area contributed by atoms with E-state index in [1.165, 1.54) is 4.90 Å². The molecule has 1 aliphatic rings. The average Bonchev–Trinajstić information content (AvgIpc) is 3.02. The molecule has 7 nitrogen and oxygen atoms in total. The number of anilines is 1. The number of halogens is 1. The molecule has 32 heavy (non-hydrogen) atoms. The van der Waals surface area contributed by atoms with Crippen LogP contribution in [0.5, 0.6) is 5.75 Å². The van der Waals surface area contributed by atoms with Crippen molar-refractivity contribution in [3.05, 3.63) is 63.0 Å². The van der Waals surface area contributed by atoms with Crippen LogP contribution in [0, 0.1) is 6.92 Å². The molecule has 1 N–H and O–H groups in total. The van der Waals surface area contributed by atoms with E-state index < -0.39 is 0 Å². The Balaban J connectivity index is 1.58. The maximum Gasteiger partial charge on any atom is 0.293 e. The molecule has 0 bridgehead atoms. The Morgan fingerprint density at radius 1 is 1.19 bits per heavy atom. The highest BCUT2D eigenvalue weighted by molar-refractivity contribution is 9.10. The number of nitrogens with one attached hydrogen (secondary N) is 1. The molecule has 1 aliphatic heterocycles. The summed E-state index contributed by atoms with van der Waals surface area (Å²) in [6.07, 6.45) is 2.26. The first-order valence-corrected chi connectivity index (χ1v) is 11.5. The van der Waals surface area contributed by atoms with Crippen molar-refractivity contribution in [2.24, 2.45) is 0 Å². The number of rotatable bonds is 9. The Morgan fingerprint density at radius 2 is 1.94 bits per heavy atom. The normalized spacial score (nSPS) is 14.8. The lowest BCUT2D eigenvalue weighted by atomic mass is 10.2. The third-order valence-corrected chi connectivity index (χ3v) is 6.08. The topological polar surface area (TPSA) is 84.9 Å². The highest BCUT2D eigenvalue weighted by atomic mass is 79.9. The van der Waals surface area contributed by atoms with Gasteiger partial charge in [0.25, 0.3) is 17.1 Å². The molecular weight excluding hydrogens is 496 g/mol. The van der Waals surface area contributed by atoms with Gasteiger partial charge in [0, 0.05) is 25.9 Å². The molecule has 1 heterocycles. The molecule has 0 radical (unpaired) electrons. The summed E-state index contributed by atoms with van der Waals surface area (Å²) in [5.41, 5.74) is 2.55. The van der Waals surface area contributed by atoms with Crippen molar-refractivity contribution in [2.75, 3.05) is 32.2 Å². The van der Waals surface area contributed by atoms with E-state index in [1.54, 1.807) is 31.4 Å². The minimum atomic E-state index is -0.305. The average molecular weight is 519 g/mol. The fraction of sp³-hybridized carbons (Fsp3) is 0.261. The zero-order chi connectivity index (χ0) is 23.1. The number of ether oxygens (including phenoxy) is 2. The first-order valence-electron chi connectivity index (χ1n) is 9.90. The van der Waals surface area contributed by atoms with Crippen LogP contribution in [0.3, 0.4) is 0 Å². The van der Waals surface area contributed by atoms with Gasteiger partial charge in [0.15, 0.2) is 6.61 Å². The number of aryl methyl sites for hydroxylation is 1. The van der Waals surface area contributed by atoms with Crippen LogP contribution in [0.1, 0.15) is 17.5 Å². The third kappa shape index (κ3) is 6.44. The van der Waals surface area contributed by atoms with Gasteiger partial charge in [0.2, 0.25) is 0 Å². The van der Waals surface area contributed by atoms with E-state index in [4.69, 9.17) is 9.47 Å². The van der Waals surface area contributed by atoms with Crippen LogP contribution >= 0.6 is 27.7 Å². The minimum absolute atomic E-state index is 0.147. The predicted molar refractivity (Wildman–Crippen MR) is 129 cm³/mol. The van der Waals surface area contributed by atoms with Crippen LogP contribution in [-0.2, 0) is 14.3 Å². The van der Waals surface area contributed by atoms with Crippen molar-refractivity contribution in [3.8, 4) is 5.75 Å². The second-order valence-corrected chi connectivity index (χ2v) is 8.92. The maximum absolute atomic E-state index is 12.5. The van der Waals surface area contributed by atoms with E-state index in [1.807, 2.05) is 31.2 Å². The van der Waals surface area contributed by atoms with Gasteiger partial charge in [-0.3, -0.25) is 19.3 Å². The van der Waals surface area contributed by atoms with E-state index in [-0.39, 0.29) is 23.7 Å². The van der Waals surface area contributed by atoms with Crippen molar-refractivity contribution in [3.63, 3.8) is 0 Å². The molecule has 1 saturated heterocycles. The van der Waals surface area contributed by atoms with Gasteiger partial charge >= 0.3 is 0 Å². The number of carbonyl (C=O) groups is 3. The van der Waals surface area contributed by atoms with Gasteiger partial charge < -0.3 is 14.8 Å². The zero-order valence-electron chi connectivity index (χ0n) is 17.7. The van der Waals surface area contributed by atoms with Crippen LogP contribution in [0.15, 0.2) is 51.8 Å². The summed E-state index contributed by atoms with van der Waals surface area (Å²) in [6.45, 7) is 2.64.